The molecule has 0 unspecified atom stereocenters. The minimum absolute atomic E-state index is 1.20. The molecule has 5 nitrogen and oxygen atoms in total. The van der Waals surface area contributed by atoms with Crippen molar-refractivity contribution in [3.63, 3.8) is 0 Å². The van der Waals surface area contributed by atoms with Crippen molar-refractivity contribution in [3.05, 3.63) is 6.04 Å². The van der Waals surface area contributed by atoms with E-state index in [1.165, 1.54) is 18.9 Å². The molecule has 5 heteroatoms. The number of aromatic amines is 4. The van der Waals surface area contributed by atoms with Gasteiger partial charge in [-0.3, -0.25) is 0 Å². The number of aromatic nitrogens is 5. The van der Waals surface area contributed by atoms with Crippen LogP contribution in [-0.2, 0) is 0 Å². The van der Waals surface area contributed by atoms with E-state index in [-0.39, 0.29) is 0 Å². The first kappa shape index (κ1) is 3.94. The quantitative estimate of drug-likeness (QED) is 0.400. The minimum Gasteiger partial charge on any atom is -0.213 e. The van der Waals surface area contributed by atoms with Gasteiger partial charge in [0.1, 0.15) is 6.04 Å². The molecule has 1 aliphatic rings. The van der Waals surface area contributed by atoms with Crippen molar-refractivity contribution in [2.24, 2.45) is 0 Å². The van der Waals surface area contributed by atoms with Crippen molar-refractivity contribution in [1.82, 2.24) is 25.7 Å². The fourth-order valence-corrected chi connectivity index (χ4v) is 0.633. The first-order valence-corrected chi connectivity index (χ1v) is 2.63. The van der Waals surface area contributed by atoms with E-state index >= 15 is 0 Å². The SMILES string of the molecule is C1C[C]1n1[nH][nH][nH][nH]1. The zero-order chi connectivity index (χ0) is 5.40. The molecule has 2 rings (SSSR count). The summed E-state index contributed by atoms with van der Waals surface area (Å²) in [5.41, 5.74) is 0. The Morgan fingerprint density at radius 1 is 1.12 bits per heavy atom. The highest BCUT2D eigenvalue weighted by molar-refractivity contribution is 5.01. The Morgan fingerprint density at radius 2 is 1.75 bits per heavy atom. The molecular weight excluding hydrogens is 106 g/mol. The highest BCUT2D eigenvalue weighted by Crippen LogP contribution is 2.30. The molecule has 0 saturated heterocycles. The van der Waals surface area contributed by atoms with Crippen LogP contribution in [0.2, 0.25) is 0 Å². The molecule has 45 valence electrons. The second-order valence-corrected chi connectivity index (χ2v) is 1.88. The van der Waals surface area contributed by atoms with Gasteiger partial charge in [-0.1, -0.05) is 0 Å². The zero-order valence-electron chi connectivity index (χ0n) is 4.36. The fourth-order valence-electron chi connectivity index (χ4n) is 0.633. The van der Waals surface area contributed by atoms with Crippen molar-refractivity contribution in [1.29, 1.82) is 0 Å². The van der Waals surface area contributed by atoms with Crippen LogP contribution in [0.1, 0.15) is 12.8 Å². The first-order chi connectivity index (χ1) is 3.97. The summed E-state index contributed by atoms with van der Waals surface area (Å²) in [7, 11) is 0. The van der Waals surface area contributed by atoms with E-state index in [0.717, 1.165) is 0 Å². The second-order valence-electron chi connectivity index (χ2n) is 1.88. The molecule has 0 bridgehead atoms. The third-order valence-electron chi connectivity index (χ3n) is 1.19. The smallest absolute Gasteiger partial charge is 0.108 e. The predicted molar refractivity (Wildman–Crippen MR) is 27.3 cm³/mol. The lowest BCUT2D eigenvalue weighted by atomic mass is 10.8. The molecule has 1 aromatic heterocycles. The Morgan fingerprint density at radius 3 is 2.25 bits per heavy atom. The number of nitrogens with zero attached hydrogens (tertiary/aromatic N) is 1. The number of rotatable bonds is 1. The standard InChI is InChI=1S/C3H8N5/c1-2-3(1)8-6-4-5-7-8/h4-7H,1-2H2. The highest BCUT2D eigenvalue weighted by Gasteiger charge is 2.25. The summed E-state index contributed by atoms with van der Waals surface area (Å²) in [4.78, 5) is 1.83. The van der Waals surface area contributed by atoms with E-state index < -0.39 is 0 Å². The third-order valence-corrected chi connectivity index (χ3v) is 1.19. The van der Waals surface area contributed by atoms with E-state index in [9.17, 15) is 0 Å². The fraction of sp³-hybridized carbons (Fsp3) is 0.667. The summed E-state index contributed by atoms with van der Waals surface area (Å²) in [6.45, 7) is 0. The molecule has 0 aliphatic heterocycles. The van der Waals surface area contributed by atoms with Crippen LogP contribution in [0.15, 0.2) is 0 Å². The molecular formula is C3H8N5. The van der Waals surface area contributed by atoms with E-state index in [4.69, 9.17) is 0 Å². The summed E-state index contributed by atoms with van der Waals surface area (Å²) >= 11 is 0. The van der Waals surface area contributed by atoms with Crippen molar-refractivity contribution in [2.75, 3.05) is 0 Å². The highest BCUT2D eigenvalue weighted by atomic mass is 15.7. The van der Waals surface area contributed by atoms with Crippen LogP contribution in [0.5, 0.6) is 0 Å². The van der Waals surface area contributed by atoms with E-state index in [1.807, 2.05) is 4.80 Å². The van der Waals surface area contributed by atoms with Gasteiger partial charge in [0.2, 0.25) is 0 Å². The number of nitrogens with one attached hydrogen (secondary N) is 4. The van der Waals surface area contributed by atoms with Crippen LogP contribution in [0, 0.1) is 6.04 Å². The lowest BCUT2D eigenvalue weighted by molar-refractivity contribution is 0.639. The van der Waals surface area contributed by atoms with Crippen LogP contribution in [0.25, 0.3) is 0 Å². The molecule has 0 amide bonds. The van der Waals surface area contributed by atoms with Gasteiger partial charge in [-0.2, -0.15) is 4.80 Å². The predicted octanol–water partition coefficient (Wildman–Crippen LogP) is 0.0988. The van der Waals surface area contributed by atoms with Crippen LogP contribution in [-0.4, -0.2) is 25.7 Å². The maximum Gasteiger partial charge on any atom is 0.108 e. The van der Waals surface area contributed by atoms with Gasteiger partial charge in [0, 0.05) is 0 Å². The van der Waals surface area contributed by atoms with Crippen molar-refractivity contribution in [3.8, 4) is 0 Å². The average Bonchev–Trinajstić information content (AvgIpc) is 2.49. The normalized spacial score (nSPS) is 19.0. The van der Waals surface area contributed by atoms with Crippen molar-refractivity contribution in [2.45, 2.75) is 12.8 Å². The minimum atomic E-state index is 1.20. The third kappa shape index (κ3) is 0.473. The molecule has 0 aromatic carbocycles. The number of H-pyrrole nitrogens is 4. The van der Waals surface area contributed by atoms with Crippen molar-refractivity contribution < 1.29 is 0 Å². The van der Waals surface area contributed by atoms with Gasteiger partial charge in [0.25, 0.3) is 0 Å². The molecule has 4 N–H and O–H groups in total. The molecule has 1 fully saturated rings. The van der Waals surface area contributed by atoms with Gasteiger partial charge in [0.15, 0.2) is 0 Å². The molecule has 1 radical (unpaired) electrons. The van der Waals surface area contributed by atoms with Gasteiger partial charge in [-0.25, -0.2) is 20.9 Å². The number of hydrogen-bond donors (Lipinski definition) is 4. The summed E-state index contributed by atoms with van der Waals surface area (Å²) < 4.78 is 0. The molecule has 1 aliphatic carbocycles. The molecule has 1 saturated carbocycles. The van der Waals surface area contributed by atoms with Gasteiger partial charge >= 0.3 is 0 Å². The zero-order valence-corrected chi connectivity index (χ0v) is 4.36. The second kappa shape index (κ2) is 1.24. The van der Waals surface area contributed by atoms with Gasteiger partial charge < -0.3 is 0 Å². The van der Waals surface area contributed by atoms with Gasteiger partial charge in [-0.05, 0) is 12.8 Å². The topological polar surface area (TPSA) is 68.1 Å². The summed E-state index contributed by atoms with van der Waals surface area (Å²) in [5, 5.41) is 11.1. The first-order valence-electron chi connectivity index (χ1n) is 2.63. The van der Waals surface area contributed by atoms with Crippen LogP contribution >= 0.6 is 0 Å². The van der Waals surface area contributed by atoms with E-state index in [0.29, 0.717) is 0 Å². The molecule has 8 heavy (non-hydrogen) atoms. The lowest BCUT2D eigenvalue weighted by Crippen LogP contribution is -1.98. The Hall–Kier alpha value is -1.00. The monoisotopic (exact) mass is 114 g/mol. The van der Waals surface area contributed by atoms with E-state index in [2.05, 4.69) is 20.9 Å². The molecule has 1 heterocycles. The van der Waals surface area contributed by atoms with Crippen LogP contribution < -0.4 is 0 Å². The Kier molecular flexibility index (Phi) is 0.610. The molecule has 0 spiro atoms. The van der Waals surface area contributed by atoms with E-state index in [1.54, 1.807) is 0 Å². The maximum absolute atomic E-state index is 2.84. The lowest BCUT2D eigenvalue weighted by Gasteiger charge is -1.89. The molecule has 1 aromatic rings. The average molecular weight is 114 g/mol. The Labute approximate surface area is 45.7 Å². The summed E-state index contributed by atoms with van der Waals surface area (Å²) in [6, 6.07) is 1.38. The summed E-state index contributed by atoms with van der Waals surface area (Å²) in [5.74, 6) is 0. The van der Waals surface area contributed by atoms with Crippen LogP contribution in [0.3, 0.4) is 0 Å². The maximum atomic E-state index is 2.84. The largest absolute Gasteiger partial charge is 0.213 e. The Balaban J connectivity index is 2.28. The van der Waals surface area contributed by atoms with Gasteiger partial charge in [-0.15, -0.1) is 0 Å². The summed E-state index contributed by atoms with van der Waals surface area (Å²) in [6.07, 6.45) is 2.40. The van der Waals surface area contributed by atoms with Gasteiger partial charge in [0.05, 0.1) is 0 Å². The number of hydrogen-bond acceptors (Lipinski definition) is 0. The molecule has 0 atom stereocenters. The Bertz CT molecular complexity index is 164. The van der Waals surface area contributed by atoms with Crippen LogP contribution in [0.4, 0.5) is 0 Å². The van der Waals surface area contributed by atoms with Crippen molar-refractivity contribution >= 4 is 0 Å².